The third-order valence-corrected chi connectivity index (χ3v) is 2.89. The van der Waals surface area contributed by atoms with Crippen LogP contribution < -0.4 is 5.32 Å². The van der Waals surface area contributed by atoms with Crippen molar-refractivity contribution in [2.45, 2.75) is 6.42 Å². The first-order chi connectivity index (χ1) is 9.28. The zero-order chi connectivity index (χ0) is 13.5. The highest BCUT2D eigenvalue weighted by atomic mass is 16.1. The molecule has 0 heterocycles. The third kappa shape index (κ3) is 4.11. The summed E-state index contributed by atoms with van der Waals surface area (Å²) in [5, 5.41) is 2.62. The first-order valence-electron chi connectivity index (χ1n) is 6.30. The number of benzene rings is 2. The minimum atomic E-state index is 0.0348. The van der Waals surface area contributed by atoms with Gasteiger partial charge in [0.1, 0.15) is 0 Å². The van der Waals surface area contributed by atoms with Crippen LogP contribution in [-0.2, 0) is 11.2 Å². The van der Waals surface area contributed by atoms with Crippen molar-refractivity contribution in [3.63, 3.8) is 0 Å². The van der Waals surface area contributed by atoms with Crippen LogP contribution in [0, 0.1) is 0 Å². The molecule has 96 valence electrons. The predicted octanol–water partition coefficient (Wildman–Crippen LogP) is 3.15. The van der Waals surface area contributed by atoms with Crippen molar-refractivity contribution in [1.82, 2.24) is 5.32 Å². The molecule has 2 heteroatoms. The van der Waals surface area contributed by atoms with Crippen molar-refractivity contribution in [3.05, 3.63) is 71.3 Å². The number of nitrogens with one attached hydrogen (secondary N) is 1. The van der Waals surface area contributed by atoms with Crippen LogP contribution in [0.4, 0.5) is 0 Å². The largest absolute Gasteiger partial charge is 0.359 e. The fraction of sp³-hybridized carbons (Fsp3) is 0.118. The lowest BCUT2D eigenvalue weighted by atomic mass is 10.1. The Balaban J connectivity index is 2.03. The Kier molecular flexibility index (Phi) is 4.51. The van der Waals surface area contributed by atoms with Crippen LogP contribution >= 0.6 is 0 Å². The number of rotatable bonds is 4. The Morgan fingerprint density at radius 3 is 2.11 bits per heavy atom. The summed E-state index contributed by atoms with van der Waals surface area (Å²) >= 11 is 0. The Bertz CT molecular complexity index is 556. The molecule has 0 unspecified atom stereocenters. The Morgan fingerprint density at radius 2 is 1.53 bits per heavy atom. The molecule has 0 aliphatic rings. The molecule has 0 aromatic heterocycles. The third-order valence-electron chi connectivity index (χ3n) is 2.89. The molecule has 1 amide bonds. The maximum atomic E-state index is 11.3. The average Bonchev–Trinajstić information content (AvgIpc) is 2.47. The number of carbonyl (C=O) groups excluding carboxylic acids is 1. The van der Waals surface area contributed by atoms with Gasteiger partial charge in [0, 0.05) is 7.05 Å². The lowest BCUT2D eigenvalue weighted by molar-refractivity contribution is -0.119. The van der Waals surface area contributed by atoms with Crippen molar-refractivity contribution in [3.8, 4) is 0 Å². The summed E-state index contributed by atoms with van der Waals surface area (Å²) in [6, 6.07) is 18.2. The number of carbonyl (C=O) groups is 1. The molecule has 2 rings (SSSR count). The molecule has 2 aromatic carbocycles. The van der Waals surface area contributed by atoms with E-state index in [1.54, 1.807) is 7.05 Å². The highest BCUT2D eigenvalue weighted by Crippen LogP contribution is 2.10. The molecular formula is C17H17NO. The minimum absolute atomic E-state index is 0.0348. The molecule has 0 spiro atoms. The Labute approximate surface area is 113 Å². The molecule has 2 aromatic rings. The lowest BCUT2D eigenvalue weighted by Gasteiger charge is -2.01. The summed E-state index contributed by atoms with van der Waals surface area (Å²) in [5.74, 6) is 0.0348. The van der Waals surface area contributed by atoms with Gasteiger partial charge in [-0.05, 0) is 16.7 Å². The van der Waals surface area contributed by atoms with E-state index in [4.69, 9.17) is 0 Å². The topological polar surface area (TPSA) is 29.1 Å². The summed E-state index contributed by atoms with van der Waals surface area (Å²) in [7, 11) is 1.65. The van der Waals surface area contributed by atoms with E-state index < -0.39 is 0 Å². The minimum Gasteiger partial charge on any atom is -0.359 e. The van der Waals surface area contributed by atoms with Crippen molar-refractivity contribution in [2.75, 3.05) is 7.05 Å². The highest BCUT2D eigenvalue weighted by molar-refractivity contribution is 5.78. The van der Waals surface area contributed by atoms with E-state index in [1.807, 2.05) is 42.5 Å². The van der Waals surface area contributed by atoms with Crippen molar-refractivity contribution >= 4 is 18.1 Å². The smallest absolute Gasteiger partial charge is 0.224 e. The highest BCUT2D eigenvalue weighted by Gasteiger charge is 1.99. The molecule has 0 fully saturated rings. The zero-order valence-corrected chi connectivity index (χ0v) is 11.0. The summed E-state index contributed by atoms with van der Waals surface area (Å²) in [6.45, 7) is 0. The number of hydrogen-bond donors (Lipinski definition) is 1. The second-order valence-corrected chi connectivity index (χ2v) is 4.34. The van der Waals surface area contributed by atoms with E-state index in [2.05, 4.69) is 29.6 Å². The fourth-order valence-corrected chi connectivity index (χ4v) is 1.78. The molecular weight excluding hydrogens is 234 g/mol. The van der Waals surface area contributed by atoms with Gasteiger partial charge in [0.15, 0.2) is 0 Å². The second kappa shape index (κ2) is 6.55. The Hall–Kier alpha value is -2.35. The number of amides is 1. The van der Waals surface area contributed by atoms with Crippen LogP contribution in [0.2, 0.25) is 0 Å². The summed E-state index contributed by atoms with van der Waals surface area (Å²) in [6.07, 6.45) is 4.58. The van der Waals surface area contributed by atoms with Gasteiger partial charge in [-0.3, -0.25) is 4.79 Å². The Morgan fingerprint density at radius 1 is 0.947 bits per heavy atom. The van der Waals surface area contributed by atoms with Gasteiger partial charge in [0.2, 0.25) is 5.91 Å². The summed E-state index contributed by atoms with van der Waals surface area (Å²) in [5.41, 5.74) is 3.33. The second-order valence-electron chi connectivity index (χ2n) is 4.34. The van der Waals surface area contributed by atoms with Crippen LogP contribution in [-0.4, -0.2) is 13.0 Å². The SMILES string of the molecule is CNC(=O)Cc1ccc(C=Cc2ccccc2)cc1. The molecule has 0 atom stereocenters. The van der Waals surface area contributed by atoms with E-state index in [1.165, 1.54) is 5.56 Å². The van der Waals surface area contributed by atoms with E-state index in [9.17, 15) is 4.79 Å². The van der Waals surface area contributed by atoms with Crippen molar-refractivity contribution in [2.24, 2.45) is 0 Å². The standard InChI is InChI=1S/C17H17NO/c1-18-17(19)13-16-11-9-15(10-12-16)8-7-14-5-3-2-4-6-14/h2-12H,13H2,1H3,(H,18,19). The summed E-state index contributed by atoms with van der Waals surface area (Å²) < 4.78 is 0. The average molecular weight is 251 g/mol. The van der Waals surface area contributed by atoms with E-state index in [-0.39, 0.29) is 5.91 Å². The van der Waals surface area contributed by atoms with Gasteiger partial charge in [-0.2, -0.15) is 0 Å². The molecule has 0 aliphatic carbocycles. The van der Waals surface area contributed by atoms with Crippen molar-refractivity contribution < 1.29 is 4.79 Å². The molecule has 0 radical (unpaired) electrons. The van der Waals surface area contributed by atoms with Gasteiger partial charge >= 0.3 is 0 Å². The van der Waals surface area contributed by atoms with E-state index in [0.717, 1.165) is 11.1 Å². The normalized spacial score (nSPS) is 10.6. The monoisotopic (exact) mass is 251 g/mol. The molecule has 0 saturated carbocycles. The van der Waals surface area contributed by atoms with Crippen LogP contribution in [0.5, 0.6) is 0 Å². The van der Waals surface area contributed by atoms with Gasteiger partial charge in [-0.15, -0.1) is 0 Å². The van der Waals surface area contributed by atoms with Crippen molar-refractivity contribution in [1.29, 1.82) is 0 Å². The quantitative estimate of drug-likeness (QED) is 0.831. The van der Waals surface area contributed by atoms with Crippen LogP contribution in [0.1, 0.15) is 16.7 Å². The molecule has 1 N–H and O–H groups in total. The van der Waals surface area contributed by atoms with Gasteiger partial charge in [0.25, 0.3) is 0 Å². The first kappa shape index (κ1) is 13.1. The van der Waals surface area contributed by atoms with Gasteiger partial charge in [-0.25, -0.2) is 0 Å². The summed E-state index contributed by atoms with van der Waals surface area (Å²) in [4.78, 5) is 11.3. The molecule has 0 aliphatic heterocycles. The zero-order valence-electron chi connectivity index (χ0n) is 11.0. The van der Waals surface area contributed by atoms with Gasteiger partial charge in [-0.1, -0.05) is 66.7 Å². The van der Waals surface area contributed by atoms with Crippen LogP contribution in [0.3, 0.4) is 0 Å². The number of hydrogen-bond acceptors (Lipinski definition) is 1. The van der Waals surface area contributed by atoms with Gasteiger partial charge in [0.05, 0.1) is 6.42 Å². The lowest BCUT2D eigenvalue weighted by Crippen LogP contribution is -2.19. The maximum absolute atomic E-state index is 11.3. The van der Waals surface area contributed by atoms with E-state index >= 15 is 0 Å². The molecule has 0 saturated heterocycles. The van der Waals surface area contributed by atoms with E-state index in [0.29, 0.717) is 6.42 Å². The predicted molar refractivity (Wildman–Crippen MR) is 79.6 cm³/mol. The molecule has 2 nitrogen and oxygen atoms in total. The molecule has 0 bridgehead atoms. The van der Waals surface area contributed by atoms with Crippen LogP contribution in [0.25, 0.3) is 12.2 Å². The van der Waals surface area contributed by atoms with Gasteiger partial charge < -0.3 is 5.32 Å². The first-order valence-corrected chi connectivity index (χ1v) is 6.30. The number of likely N-dealkylation sites (N-methyl/N-ethyl adjacent to an activating group) is 1. The van der Waals surface area contributed by atoms with Crippen LogP contribution in [0.15, 0.2) is 54.6 Å². The fourth-order valence-electron chi connectivity index (χ4n) is 1.78. The maximum Gasteiger partial charge on any atom is 0.224 e. The molecule has 19 heavy (non-hydrogen) atoms.